The average Bonchev–Trinajstić information content (AvgIpc) is 2.31. The fourth-order valence-corrected chi connectivity index (χ4v) is 2.54. The molecule has 1 aromatic rings. The Morgan fingerprint density at radius 3 is 2.50 bits per heavy atom. The van der Waals surface area contributed by atoms with Crippen molar-refractivity contribution in [2.45, 2.75) is 51.1 Å². The summed E-state index contributed by atoms with van der Waals surface area (Å²) in [5.74, 6) is 0. The van der Waals surface area contributed by atoms with Gasteiger partial charge < -0.3 is 5.32 Å². The van der Waals surface area contributed by atoms with Gasteiger partial charge in [-0.1, -0.05) is 26.0 Å². The minimum absolute atomic E-state index is 0.649. The number of nitrogens with one attached hydrogen (secondary N) is 1. The van der Waals surface area contributed by atoms with Crippen molar-refractivity contribution in [3.63, 3.8) is 0 Å². The van der Waals surface area contributed by atoms with Crippen molar-refractivity contribution in [2.75, 3.05) is 6.26 Å². The molecular weight excluding hydrogens is 214 g/mol. The van der Waals surface area contributed by atoms with E-state index in [1.165, 1.54) is 28.9 Å². The van der Waals surface area contributed by atoms with Gasteiger partial charge >= 0.3 is 0 Å². The normalized spacial score (nSPS) is 11.1. The van der Waals surface area contributed by atoms with Crippen LogP contribution in [0.1, 0.15) is 37.8 Å². The van der Waals surface area contributed by atoms with E-state index in [1.54, 1.807) is 0 Å². The first-order chi connectivity index (χ1) is 7.71. The standard InChI is InChI=1S/C14H23NS/c1-5-13(6-2)15-10-12-8-7-11(3)9-14(12)16-4/h7-9,13,15H,5-6,10H2,1-4H3. The summed E-state index contributed by atoms with van der Waals surface area (Å²) in [6, 6.07) is 7.37. The number of thioether (sulfide) groups is 1. The number of rotatable bonds is 6. The molecule has 0 saturated carbocycles. The summed E-state index contributed by atoms with van der Waals surface area (Å²) in [6.45, 7) is 7.62. The summed E-state index contributed by atoms with van der Waals surface area (Å²) in [4.78, 5) is 1.40. The van der Waals surface area contributed by atoms with Crippen molar-refractivity contribution in [1.82, 2.24) is 5.32 Å². The zero-order valence-corrected chi connectivity index (χ0v) is 11.7. The van der Waals surface area contributed by atoms with Crippen LogP contribution in [0.2, 0.25) is 0 Å². The van der Waals surface area contributed by atoms with E-state index in [0.717, 1.165) is 6.54 Å². The average molecular weight is 237 g/mol. The summed E-state index contributed by atoms with van der Waals surface area (Å²) in [7, 11) is 0. The lowest BCUT2D eigenvalue weighted by Crippen LogP contribution is -2.27. The van der Waals surface area contributed by atoms with Gasteiger partial charge in [0, 0.05) is 17.5 Å². The second kappa shape index (κ2) is 6.97. The monoisotopic (exact) mass is 237 g/mol. The third-order valence-electron chi connectivity index (χ3n) is 3.01. The van der Waals surface area contributed by atoms with Crippen LogP contribution in [0, 0.1) is 6.92 Å². The highest BCUT2D eigenvalue weighted by Crippen LogP contribution is 2.21. The molecule has 90 valence electrons. The Hall–Kier alpha value is -0.470. The lowest BCUT2D eigenvalue weighted by atomic mass is 10.1. The van der Waals surface area contributed by atoms with E-state index in [2.05, 4.69) is 50.5 Å². The molecule has 16 heavy (non-hydrogen) atoms. The van der Waals surface area contributed by atoms with Gasteiger partial charge in [-0.3, -0.25) is 0 Å². The second-order valence-electron chi connectivity index (χ2n) is 4.21. The Bertz CT molecular complexity index is 319. The number of aryl methyl sites for hydroxylation is 1. The minimum Gasteiger partial charge on any atom is -0.310 e. The SMILES string of the molecule is CCC(CC)NCc1ccc(C)cc1SC. The van der Waals surface area contributed by atoms with Gasteiger partial charge in [0.05, 0.1) is 0 Å². The van der Waals surface area contributed by atoms with E-state index < -0.39 is 0 Å². The van der Waals surface area contributed by atoms with Gasteiger partial charge in [0.25, 0.3) is 0 Å². The summed E-state index contributed by atoms with van der Waals surface area (Å²) < 4.78 is 0. The quantitative estimate of drug-likeness (QED) is 0.751. The van der Waals surface area contributed by atoms with E-state index in [4.69, 9.17) is 0 Å². The lowest BCUT2D eigenvalue weighted by Gasteiger charge is -2.16. The Kier molecular flexibility index (Phi) is 5.93. The molecule has 1 aromatic carbocycles. The van der Waals surface area contributed by atoms with E-state index in [-0.39, 0.29) is 0 Å². The highest BCUT2D eigenvalue weighted by atomic mass is 32.2. The van der Waals surface area contributed by atoms with Crippen molar-refractivity contribution >= 4 is 11.8 Å². The van der Waals surface area contributed by atoms with E-state index in [9.17, 15) is 0 Å². The van der Waals surface area contributed by atoms with Gasteiger partial charge in [-0.2, -0.15) is 0 Å². The first kappa shape index (κ1) is 13.6. The zero-order valence-electron chi connectivity index (χ0n) is 10.8. The Balaban J connectivity index is 2.65. The van der Waals surface area contributed by atoms with Crippen molar-refractivity contribution in [2.24, 2.45) is 0 Å². The minimum atomic E-state index is 0.649. The largest absolute Gasteiger partial charge is 0.310 e. The van der Waals surface area contributed by atoms with Gasteiger partial charge in [0.15, 0.2) is 0 Å². The smallest absolute Gasteiger partial charge is 0.0219 e. The number of hydrogen-bond donors (Lipinski definition) is 1. The third kappa shape index (κ3) is 3.84. The Morgan fingerprint density at radius 1 is 1.25 bits per heavy atom. The molecule has 0 aromatic heterocycles. The van der Waals surface area contributed by atoms with Crippen LogP contribution in [0.25, 0.3) is 0 Å². The summed E-state index contributed by atoms with van der Waals surface area (Å²) >= 11 is 1.84. The highest BCUT2D eigenvalue weighted by Gasteiger charge is 2.05. The number of benzene rings is 1. The zero-order chi connectivity index (χ0) is 12.0. The molecule has 0 saturated heterocycles. The van der Waals surface area contributed by atoms with Crippen LogP contribution >= 0.6 is 11.8 Å². The van der Waals surface area contributed by atoms with Crippen LogP contribution in [0.3, 0.4) is 0 Å². The molecule has 0 bridgehead atoms. The molecule has 0 atom stereocenters. The van der Waals surface area contributed by atoms with Crippen LogP contribution in [-0.2, 0) is 6.54 Å². The van der Waals surface area contributed by atoms with Gasteiger partial charge in [-0.15, -0.1) is 11.8 Å². The maximum atomic E-state index is 3.62. The predicted molar refractivity (Wildman–Crippen MR) is 74.2 cm³/mol. The molecule has 0 fully saturated rings. The van der Waals surface area contributed by atoms with Crippen molar-refractivity contribution in [3.05, 3.63) is 29.3 Å². The van der Waals surface area contributed by atoms with Crippen LogP contribution in [0.5, 0.6) is 0 Å². The molecule has 0 aliphatic rings. The van der Waals surface area contributed by atoms with Crippen molar-refractivity contribution in [1.29, 1.82) is 0 Å². The first-order valence-corrected chi connectivity index (χ1v) is 7.30. The maximum absolute atomic E-state index is 3.62. The summed E-state index contributed by atoms with van der Waals surface area (Å²) in [6.07, 6.45) is 4.56. The fraction of sp³-hybridized carbons (Fsp3) is 0.571. The lowest BCUT2D eigenvalue weighted by molar-refractivity contribution is 0.482. The molecular formula is C14H23NS. The Labute approximate surface area is 104 Å². The van der Waals surface area contributed by atoms with E-state index >= 15 is 0 Å². The molecule has 1 rings (SSSR count). The molecule has 0 amide bonds. The topological polar surface area (TPSA) is 12.0 Å². The van der Waals surface area contributed by atoms with Gasteiger partial charge in [0.1, 0.15) is 0 Å². The third-order valence-corrected chi connectivity index (χ3v) is 3.83. The summed E-state index contributed by atoms with van der Waals surface area (Å²) in [5, 5.41) is 3.62. The molecule has 1 nitrogen and oxygen atoms in total. The molecule has 1 N–H and O–H groups in total. The van der Waals surface area contributed by atoms with Crippen LogP contribution < -0.4 is 5.32 Å². The first-order valence-electron chi connectivity index (χ1n) is 6.08. The van der Waals surface area contributed by atoms with Crippen molar-refractivity contribution < 1.29 is 0 Å². The van der Waals surface area contributed by atoms with Crippen molar-refractivity contribution in [3.8, 4) is 0 Å². The second-order valence-corrected chi connectivity index (χ2v) is 5.06. The molecule has 0 heterocycles. The molecule has 0 aliphatic carbocycles. The summed E-state index contributed by atoms with van der Waals surface area (Å²) in [5.41, 5.74) is 2.76. The van der Waals surface area contributed by atoms with Gasteiger partial charge in [-0.05, 0) is 43.2 Å². The van der Waals surface area contributed by atoms with Crippen LogP contribution in [-0.4, -0.2) is 12.3 Å². The van der Waals surface area contributed by atoms with Gasteiger partial charge in [0.2, 0.25) is 0 Å². The van der Waals surface area contributed by atoms with E-state index in [1.807, 2.05) is 11.8 Å². The fourth-order valence-electron chi connectivity index (χ4n) is 1.83. The van der Waals surface area contributed by atoms with E-state index in [0.29, 0.717) is 6.04 Å². The Morgan fingerprint density at radius 2 is 1.94 bits per heavy atom. The van der Waals surface area contributed by atoms with Crippen LogP contribution in [0.15, 0.2) is 23.1 Å². The highest BCUT2D eigenvalue weighted by molar-refractivity contribution is 7.98. The molecule has 0 unspecified atom stereocenters. The number of hydrogen-bond acceptors (Lipinski definition) is 2. The maximum Gasteiger partial charge on any atom is 0.0219 e. The van der Waals surface area contributed by atoms with Crippen LogP contribution in [0.4, 0.5) is 0 Å². The molecule has 0 spiro atoms. The molecule has 0 radical (unpaired) electrons. The molecule has 0 aliphatic heterocycles. The predicted octanol–water partition coefficient (Wildman–Crippen LogP) is 4.00. The van der Waals surface area contributed by atoms with Gasteiger partial charge in [-0.25, -0.2) is 0 Å². The molecule has 2 heteroatoms.